The Bertz CT molecular complexity index is 527. The summed E-state index contributed by atoms with van der Waals surface area (Å²) in [6.45, 7) is 1.96. The zero-order chi connectivity index (χ0) is 12.3. The molecule has 7 heteroatoms. The summed E-state index contributed by atoms with van der Waals surface area (Å²) in [4.78, 5) is 15.1. The van der Waals surface area contributed by atoms with E-state index in [-0.39, 0.29) is 10.6 Å². The first-order chi connectivity index (χ1) is 8.22. The molecule has 6 nitrogen and oxygen atoms in total. The number of nitro benzene ring substituents is 1. The van der Waals surface area contributed by atoms with Crippen LogP contribution in [0.25, 0.3) is 5.69 Å². The molecule has 1 aromatic heterocycles. The number of rotatable bonds is 4. The molecule has 0 spiro atoms. The summed E-state index contributed by atoms with van der Waals surface area (Å²) in [6, 6.07) is 5.04. The molecule has 0 saturated heterocycles. The number of thioether (sulfide) groups is 1. The molecule has 0 aliphatic rings. The third kappa shape index (κ3) is 2.44. The normalized spacial score (nSPS) is 10.4. The lowest BCUT2D eigenvalue weighted by atomic mass is 10.3. The van der Waals surface area contributed by atoms with Gasteiger partial charge in [0.25, 0.3) is 5.69 Å². The Morgan fingerprint density at radius 1 is 1.53 bits per heavy atom. The molecule has 2 aromatic rings. The topological polar surface area (TPSA) is 73.8 Å². The van der Waals surface area contributed by atoms with Crippen molar-refractivity contribution in [2.45, 2.75) is 11.8 Å². The molecule has 0 atom stereocenters. The van der Waals surface area contributed by atoms with E-state index in [0.717, 1.165) is 5.75 Å². The highest BCUT2D eigenvalue weighted by Crippen LogP contribution is 2.30. The van der Waals surface area contributed by atoms with E-state index in [9.17, 15) is 10.1 Å². The van der Waals surface area contributed by atoms with Crippen LogP contribution < -0.4 is 0 Å². The van der Waals surface area contributed by atoms with Crippen LogP contribution in [0.3, 0.4) is 0 Å². The number of nitrogens with zero attached hydrogens (tertiary/aromatic N) is 4. The molecule has 1 aromatic carbocycles. The second-order valence-corrected chi connectivity index (χ2v) is 4.49. The molecular weight excluding hydrogens is 240 g/mol. The van der Waals surface area contributed by atoms with Crippen LogP contribution in [-0.2, 0) is 0 Å². The number of nitro groups is 1. The fourth-order valence-electron chi connectivity index (χ4n) is 1.41. The molecule has 0 radical (unpaired) electrons. The molecule has 17 heavy (non-hydrogen) atoms. The number of aromatic nitrogens is 3. The van der Waals surface area contributed by atoms with Crippen molar-refractivity contribution in [2.24, 2.45) is 0 Å². The Hall–Kier alpha value is -1.89. The standard InChI is InChI=1S/C10H10N4O2S/c1-2-17-10-4-3-8(5-9(10)14(15)16)13-7-11-6-12-13/h3-7H,2H2,1H3. The van der Waals surface area contributed by atoms with Crippen molar-refractivity contribution in [1.29, 1.82) is 0 Å². The number of benzene rings is 1. The van der Waals surface area contributed by atoms with Crippen LogP contribution in [0.15, 0.2) is 35.7 Å². The summed E-state index contributed by atoms with van der Waals surface area (Å²) in [7, 11) is 0. The fraction of sp³-hybridized carbons (Fsp3) is 0.200. The van der Waals surface area contributed by atoms with Crippen LogP contribution in [0, 0.1) is 10.1 Å². The lowest BCUT2D eigenvalue weighted by molar-refractivity contribution is -0.387. The summed E-state index contributed by atoms with van der Waals surface area (Å²) in [5, 5.41) is 14.9. The van der Waals surface area contributed by atoms with Gasteiger partial charge in [-0.05, 0) is 17.9 Å². The van der Waals surface area contributed by atoms with Gasteiger partial charge >= 0.3 is 0 Å². The second-order valence-electron chi connectivity index (χ2n) is 3.18. The van der Waals surface area contributed by atoms with Gasteiger partial charge < -0.3 is 0 Å². The largest absolute Gasteiger partial charge is 0.285 e. The zero-order valence-electron chi connectivity index (χ0n) is 9.11. The summed E-state index contributed by atoms with van der Waals surface area (Å²) in [5.74, 6) is 0.795. The lowest BCUT2D eigenvalue weighted by Gasteiger charge is -2.04. The van der Waals surface area contributed by atoms with Gasteiger partial charge in [0.2, 0.25) is 0 Å². The molecule has 0 N–H and O–H groups in total. The van der Waals surface area contributed by atoms with Gasteiger partial charge in [-0.15, -0.1) is 11.8 Å². The predicted molar refractivity (Wildman–Crippen MR) is 64.4 cm³/mol. The maximum absolute atomic E-state index is 11.0. The second kappa shape index (κ2) is 4.96. The van der Waals surface area contributed by atoms with Gasteiger partial charge in [-0.1, -0.05) is 6.92 Å². The van der Waals surface area contributed by atoms with Crippen LogP contribution in [0.1, 0.15) is 6.92 Å². The molecule has 0 aliphatic carbocycles. The van der Waals surface area contributed by atoms with Crippen LogP contribution in [0.5, 0.6) is 0 Å². The molecule has 1 heterocycles. The summed E-state index contributed by atoms with van der Waals surface area (Å²) < 4.78 is 1.49. The summed E-state index contributed by atoms with van der Waals surface area (Å²) in [5.41, 5.74) is 0.736. The van der Waals surface area contributed by atoms with Gasteiger partial charge in [-0.25, -0.2) is 9.67 Å². The predicted octanol–water partition coefficient (Wildman–Crippen LogP) is 2.29. The van der Waals surface area contributed by atoms with Gasteiger partial charge in [0.15, 0.2) is 0 Å². The van der Waals surface area contributed by atoms with Crippen molar-refractivity contribution in [1.82, 2.24) is 14.8 Å². The van der Waals surface area contributed by atoms with E-state index >= 15 is 0 Å². The van der Waals surface area contributed by atoms with Crippen LogP contribution in [0.4, 0.5) is 5.69 Å². The average molecular weight is 250 g/mol. The van der Waals surface area contributed by atoms with Crippen LogP contribution in [0.2, 0.25) is 0 Å². The third-order valence-electron chi connectivity index (χ3n) is 2.12. The molecule has 0 saturated carbocycles. The molecule has 0 amide bonds. The SMILES string of the molecule is CCSc1ccc(-n2cncn2)cc1[N+](=O)[O-]. The number of hydrogen-bond donors (Lipinski definition) is 0. The summed E-state index contributed by atoms with van der Waals surface area (Å²) >= 11 is 1.45. The molecule has 88 valence electrons. The van der Waals surface area contributed by atoms with Gasteiger partial charge in [0, 0.05) is 6.07 Å². The maximum Gasteiger partial charge on any atom is 0.285 e. The first-order valence-corrected chi connectivity index (χ1v) is 5.97. The van der Waals surface area contributed by atoms with Gasteiger partial charge in [-0.2, -0.15) is 5.10 Å². The Kier molecular flexibility index (Phi) is 3.38. The Morgan fingerprint density at radius 3 is 2.94 bits per heavy atom. The van der Waals surface area contributed by atoms with Gasteiger partial charge in [-0.3, -0.25) is 10.1 Å². The molecule has 0 unspecified atom stereocenters. The summed E-state index contributed by atoms with van der Waals surface area (Å²) in [6.07, 6.45) is 2.90. The Morgan fingerprint density at radius 2 is 2.35 bits per heavy atom. The van der Waals surface area contributed by atoms with Crippen molar-refractivity contribution in [3.63, 3.8) is 0 Å². The minimum atomic E-state index is -0.377. The smallest absolute Gasteiger partial charge is 0.258 e. The van der Waals surface area contributed by atoms with Crippen LogP contribution >= 0.6 is 11.8 Å². The zero-order valence-corrected chi connectivity index (χ0v) is 9.92. The van der Waals surface area contributed by atoms with E-state index in [1.54, 1.807) is 12.1 Å². The number of hydrogen-bond acceptors (Lipinski definition) is 5. The molecule has 2 rings (SSSR count). The third-order valence-corrected chi connectivity index (χ3v) is 3.07. The Labute approximate surface area is 102 Å². The van der Waals surface area contributed by atoms with E-state index in [1.165, 1.54) is 35.2 Å². The first kappa shape index (κ1) is 11.6. The first-order valence-electron chi connectivity index (χ1n) is 4.98. The van der Waals surface area contributed by atoms with Crippen LogP contribution in [-0.4, -0.2) is 25.4 Å². The Balaban J connectivity index is 2.45. The van der Waals surface area contributed by atoms with Crippen molar-refractivity contribution in [3.8, 4) is 5.69 Å². The van der Waals surface area contributed by atoms with Crippen molar-refractivity contribution < 1.29 is 4.92 Å². The van der Waals surface area contributed by atoms with Crippen molar-refractivity contribution in [3.05, 3.63) is 41.0 Å². The van der Waals surface area contributed by atoms with E-state index in [1.807, 2.05) is 6.92 Å². The minimum absolute atomic E-state index is 0.102. The highest BCUT2D eigenvalue weighted by atomic mass is 32.2. The molecule has 0 aliphatic heterocycles. The average Bonchev–Trinajstić information content (AvgIpc) is 2.83. The minimum Gasteiger partial charge on any atom is -0.258 e. The van der Waals surface area contributed by atoms with Gasteiger partial charge in [0.1, 0.15) is 12.7 Å². The van der Waals surface area contributed by atoms with E-state index in [0.29, 0.717) is 10.6 Å². The highest BCUT2D eigenvalue weighted by Gasteiger charge is 2.15. The monoisotopic (exact) mass is 250 g/mol. The van der Waals surface area contributed by atoms with Crippen molar-refractivity contribution >= 4 is 17.4 Å². The fourth-order valence-corrected chi connectivity index (χ4v) is 2.17. The maximum atomic E-state index is 11.0. The van der Waals surface area contributed by atoms with E-state index in [2.05, 4.69) is 10.1 Å². The lowest BCUT2D eigenvalue weighted by Crippen LogP contribution is -1.97. The molecule has 0 bridgehead atoms. The van der Waals surface area contributed by atoms with Gasteiger partial charge in [0.05, 0.1) is 15.5 Å². The molecular formula is C10H10N4O2S. The van der Waals surface area contributed by atoms with E-state index in [4.69, 9.17) is 0 Å². The highest BCUT2D eigenvalue weighted by molar-refractivity contribution is 7.99. The van der Waals surface area contributed by atoms with E-state index < -0.39 is 0 Å². The van der Waals surface area contributed by atoms with Crippen molar-refractivity contribution in [2.75, 3.05) is 5.75 Å². The molecule has 0 fully saturated rings. The quantitative estimate of drug-likeness (QED) is 0.473.